The van der Waals surface area contributed by atoms with E-state index in [1.165, 1.54) is 93.6 Å². The molecule has 9 aromatic rings. The Hall–Kier alpha value is -6.28. The number of rotatable bonds is 6. The van der Waals surface area contributed by atoms with Crippen molar-refractivity contribution in [3.8, 4) is 45.1 Å². The highest BCUT2D eigenvalue weighted by Gasteiger charge is 2.42. The van der Waals surface area contributed by atoms with Crippen molar-refractivity contribution in [2.24, 2.45) is 0 Å². The van der Waals surface area contributed by atoms with Gasteiger partial charge in [-0.05, 0) is 147 Å². The molecule has 7 aromatic carbocycles. The first-order valence-electron chi connectivity index (χ1n) is 22.5. The van der Waals surface area contributed by atoms with E-state index in [0.717, 1.165) is 22.6 Å². The summed E-state index contributed by atoms with van der Waals surface area (Å²) in [7, 11) is 0. The molecule has 13 rings (SSSR count). The second-order valence-corrected chi connectivity index (χ2v) is 20.4. The van der Waals surface area contributed by atoms with Crippen LogP contribution in [-0.2, 0) is 20.3 Å². The van der Waals surface area contributed by atoms with Crippen LogP contribution in [0.25, 0.3) is 77.2 Å². The molecule has 63 heavy (non-hydrogen) atoms. The van der Waals surface area contributed by atoms with Crippen LogP contribution in [0.15, 0.2) is 127 Å². The Morgan fingerprint density at radius 1 is 0.476 bits per heavy atom. The fourth-order valence-electron chi connectivity index (χ4n) is 10.5. The molecule has 4 atom stereocenters. The fourth-order valence-corrected chi connectivity index (χ4v) is 10.5. The van der Waals surface area contributed by atoms with Gasteiger partial charge >= 0.3 is 0 Å². The van der Waals surface area contributed by atoms with Gasteiger partial charge in [-0.1, -0.05) is 96.1 Å². The number of aromatic nitrogens is 2. The normalized spacial score (nSPS) is 19.6. The summed E-state index contributed by atoms with van der Waals surface area (Å²) in [5.74, 6) is 1.66. The number of epoxide rings is 2. The van der Waals surface area contributed by atoms with E-state index in [9.17, 15) is 0 Å². The average molecular weight is 825 g/mol. The van der Waals surface area contributed by atoms with E-state index in [1.807, 2.05) is 13.8 Å². The van der Waals surface area contributed by atoms with Gasteiger partial charge in [0, 0.05) is 44.0 Å². The van der Waals surface area contributed by atoms with Crippen LogP contribution in [-0.4, -0.2) is 40.6 Å². The van der Waals surface area contributed by atoms with Crippen molar-refractivity contribution < 1.29 is 18.9 Å². The molecule has 0 bridgehead atoms. The summed E-state index contributed by atoms with van der Waals surface area (Å²) < 4.78 is 28.2. The Morgan fingerprint density at radius 2 is 0.873 bits per heavy atom. The molecule has 2 saturated heterocycles. The van der Waals surface area contributed by atoms with E-state index >= 15 is 0 Å². The Morgan fingerprint density at radius 3 is 1.25 bits per heavy atom. The van der Waals surface area contributed by atoms with E-state index in [4.69, 9.17) is 18.9 Å². The lowest BCUT2D eigenvalue weighted by molar-refractivity contribution is 0.178. The van der Waals surface area contributed by atoms with Gasteiger partial charge in [-0.25, -0.2) is 0 Å². The Balaban J connectivity index is 1.04. The van der Waals surface area contributed by atoms with E-state index in [2.05, 4.69) is 178 Å². The maximum atomic E-state index is 6.00. The topological polar surface area (TPSA) is 53.4 Å². The highest BCUT2D eigenvalue weighted by molar-refractivity contribution is 7.00. The lowest BCUT2D eigenvalue weighted by atomic mass is 9.34. The molecule has 4 unspecified atom stereocenters. The van der Waals surface area contributed by atoms with Crippen molar-refractivity contribution in [3.63, 3.8) is 0 Å². The molecule has 0 N–H and O–H groups in total. The molecule has 7 heteroatoms. The van der Waals surface area contributed by atoms with Gasteiger partial charge < -0.3 is 28.1 Å². The molecule has 6 nitrogen and oxygen atoms in total. The molecule has 0 aliphatic carbocycles. The molecule has 0 amide bonds. The monoisotopic (exact) mass is 824 g/mol. The van der Waals surface area contributed by atoms with Crippen LogP contribution < -0.4 is 25.9 Å². The first-order valence-corrected chi connectivity index (χ1v) is 22.5. The van der Waals surface area contributed by atoms with Crippen LogP contribution in [0.3, 0.4) is 0 Å². The maximum absolute atomic E-state index is 6.00. The predicted molar refractivity (Wildman–Crippen MR) is 258 cm³/mol. The summed E-state index contributed by atoms with van der Waals surface area (Å²) in [6.45, 7) is 18.2. The fraction of sp³-hybridized carbons (Fsp3) is 0.250. The van der Waals surface area contributed by atoms with Crippen LogP contribution in [0.5, 0.6) is 11.5 Å². The molecule has 0 saturated carbocycles. The second kappa shape index (κ2) is 12.7. The molecule has 4 aliphatic heterocycles. The largest absolute Gasteiger partial charge is 0.462 e. The quantitative estimate of drug-likeness (QED) is 0.124. The van der Waals surface area contributed by atoms with Crippen molar-refractivity contribution in [2.45, 2.75) is 91.0 Å². The summed E-state index contributed by atoms with van der Waals surface area (Å²) in [4.78, 5) is 0. The summed E-state index contributed by atoms with van der Waals surface area (Å²) >= 11 is 0. The van der Waals surface area contributed by atoms with Crippen LogP contribution in [0.2, 0.25) is 0 Å². The van der Waals surface area contributed by atoms with Gasteiger partial charge in [-0.15, -0.1) is 0 Å². The van der Waals surface area contributed by atoms with Gasteiger partial charge in [0.15, 0.2) is 0 Å². The van der Waals surface area contributed by atoms with Gasteiger partial charge in [-0.3, -0.25) is 0 Å². The molecule has 2 aromatic heterocycles. The van der Waals surface area contributed by atoms with Crippen LogP contribution >= 0.6 is 0 Å². The molecule has 4 aliphatic rings. The SMILES string of the molecule is CC1OC1Oc1ccc(-c2ccc3c(c2)c2cc(C(C)(C)C)cc4c2n3-c2cccc3c2B4c2cc(C(C)(C)C)cc4c5cc(-c6ccc(OC7OC7C)cc6)ccc5n-3c24)cc1. The lowest BCUT2D eigenvalue weighted by Gasteiger charge is -2.35. The highest BCUT2D eigenvalue weighted by Crippen LogP contribution is 2.43. The van der Waals surface area contributed by atoms with E-state index in [0.29, 0.717) is 0 Å². The lowest BCUT2D eigenvalue weighted by Crippen LogP contribution is -2.59. The molecule has 2 fully saturated rings. The zero-order valence-electron chi connectivity index (χ0n) is 37.0. The molecular weight excluding hydrogens is 775 g/mol. The summed E-state index contributed by atoms with van der Waals surface area (Å²) in [6.07, 6.45) is 0.000786. The zero-order valence-corrected chi connectivity index (χ0v) is 37.0. The predicted octanol–water partition coefficient (Wildman–Crippen LogP) is 11.2. The van der Waals surface area contributed by atoms with Crippen LogP contribution in [0, 0.1) is 0 Å². The van der Waals surface area contributed by atoms with E-state index in [-0.39, 0.29) is 42.3 Å². The van der Waals surface area contributed by atoms with Crippen molar-refractivity contribution in [3.05, 3.63) is 139 Å². The van der Waals surface area contributed by atoms with Gasteiger partial charge in [0.2, 0.25) is 12.6 Å². The number of hydrogen-bond donors (Lipinski definition) is 0. The molecule has 0 radical (unpaired) electrons. The first kappa shape index (κ1) is 37.3. The van der Waals surface area contributed by atoms with E-state index < -0.39 is 0 Å². The first-order chi connectivity index (χ1) is 30.3. The van der Waals surface area contributed by atoms with Crippen molar-refractivity contribution in [2.75, 3.05) is 0 Å². The van der Waals surface area contributed by atoms with Crippen molar-refractivity contribution >= 4 is 66.7 Å². The van der Waals surface area contributed by atoms with Crippen LogP contribution in [0.4, 0.5) is 0 Å². The van der Waals surface area contributed by atoms with Crippen LogP contribution in [0.1, 0.15) is 66.5 Å². The Labute approximate surface area is 368 Å². The Bertz CT molecular complexity index is 3200. The molecular formula is C56H49BN2O4. The third-order valence-corrected chi connectivity index (χ3v) is 14.2. The van der Waals surface area contributed by atoms with Crippen molar-refractivity contribution in [1.82, 2.24) is 9.13 Å². The second-order valence-electron chi connectivity index (χ2n) is 20.4. The molecule has 310 valence electrons. The molecule has 6 heterocycles. The number of ether oxygens (including phenoxy) is 4. The third-order valence-electron chi connectivity index (χ3n) is 14.2. The standard InChI is InChI=1S/C56H49BN2O4/c1-30-53(60-30)62-38-18-12-32(13-19-38)34-16-22-46-40(24-34)42-26-36(55(3,4)5)28-44-51(42)58(46)48-10-9-11-49-50(48)57(44)45-29-37(56(6,7)8)27-43-41-25-35(17-23-47(41)59(49)52(43)45)33-14-20-39(21-15-33)63-54-31(2)61-54/h9-31,53-54H,1-8H3. The minimum atomic E-state index is -0.147. The highest BCUT2D eigenvalue weighted by atomic mass is 16.8. The van der Waals surface area contributed by atoms with Gasteiger partial charge in [0.05, 0.1) is 11.0 Å². The molecule has 0 spiro atoms. The number of benzene rings is 7. The zero-order chi connectivity index (χ0) is 42.8. The smallest absolute Gasteiger partial charge is 0.252 e. The van der Waals surface area contributed by atoms with Gasteiger partial charge in [0.25, 0.3) is 6.71 Å². The Kier molecular flexibility index (Phi) is 7.51. The number of hydrogen-bond acceptors (Lipinski definition) is 4. The summed E-state index contributed by atoms with van der Waals surface area (Å²) in [6, 6.07) is 48.0. The van der Waals surface area contributed by atoms with Crippen molar-refractivity contribution in [1.29, 1.82) is 0 Å². The maximum Gasteiger partial charge on any atom is 0.252 e. The summed E-state index contributed by atoms with van der Waals surface area (Å²) in [5, 5.41) is 5.15. The van der Waals surface area contributed by atoms with E-state index in [1.54, 1.807) is 0 Å². The van der Waals surface area contributed by atoms with Gasteiger partial charge in [0.1, 0.15) is 23.7 Å². The summed E-state index contributed by atoms with van der Waals surface area (Å²) in [5.41, 5.74) is 19.0. The number of fused-ring (bicyclic) bond motifs is 10. The minimum absolute atomic E-state index is 0.0507. The average Bonchev–Trinajstić information content (AvgIpc) is 4.09. The third kappa shape index (κ3) is 5.58. The minimum Gasteiger partial charge on any atom is -0.462 e. The number of nitrogens with zero attached hydrogens (tertiary/aromatic N) is 2. The van der Waals surface area contributed by atoms with Gasteiger partial charge in [-0.2, -0.15) is 0 Å².